The van der Waals surface area contributed by atoms with Gasteiger partial charge in [-0.15, -0.1) is 0 Å². The summed E-state index contributed by atoms with van der Waals surface area (Å²) in [5.41, 5.74) is 0.327. The van der Waals surface area contributed by atoms with Gasteiger partial charge in [-0.1, -0.05) is 0 Å². The summed E-state index contributed by atoms with van der Waals surface area (Å²) in [5, 5.41) is 11.5. The van der Waals surface area contributed by atoms with E-state index in [1.807, 2.05) is 0 Å². The maximum Gasteiger partial charge on any atom is 0.271 e. The van der Waals surface area contributed by atoms with Crippen molar-refractivity contribution in [3.8, 4) is 0 Å². The van der Waals surface area contributed by atoms with Crippen LogP contribution in [0.2, 0.25) is 0 Å². The van der Waals surface area contributed by atoms with Crippen LogP contribution >= 0.6 is 15.9 Å². The van der Waals surface area contributed by atoms with Crippen molar-refractivity contribution >= 4 is 21.8 Å². The van der Waals surface area contributed by atoms with Crippen LogP contribution in [0.3, 0.4) is 0 Å². The molecule has 2 N–H and O–H groups in total. The molecule has 0 spiro atoms. The average Bonchev–Trinajstić information content (AvgIpc) is 2.15. The normalized spacial score (nSPS) is 12.2. The van der Waals surface area contributed by atoms with E-state index in [4.69, 9.17) is 5.11 Å². The Hall–Kier alpha value is -0.940. The quantitative estimate of drug-likeness (QED) is 0.849. The molecule has 0 fully saturated rings. The van der Waals surface area contributed by atoms with Gasteiger partial charge in [-0.25, -0.2) is 4.98 Å². The molecular weight excluding hydrogens is 248 g/mol. The number of hydrogen-bond acceptors (Lipinski definition) is 3. The summed E-state index contributed by atoms with van der Waals surface area (Å²) in [6, 6.07) is 3.47. The number of carbonyl (C=O) groups is 1. The standard InChI is InChI=1S/C9H11BrN2O2/c1-6(13)5-12-9(14)8-7(10)3-2-4-11-8/h2-4,6,13H,5H2,1H3,(H,12,14). The fourth-order valence-corrected chi connectivity index (χ4v) is 1.31. The Morgan fingerprint density at radius 1 is 1.79 bits per heavy atom. The SMILES string of the molecule is CC(O)CNC(=O)c1ncccc1Br. The Balaban J connectivity index is 2.65. The minimum absolute atomic E-state index is 0.224. The molecule has 5 heteroatoms. The lowest BCUT2D eigenvalue weighted by molar-refractivity contribution is 0.0918. The molecular formula is C9H11BrN2O2. The molecule has 0 bridgehead atoms. The summed E-state index contributed by atoms with van der Waals surface area (Å²) in [6.07, 6.45) is 0.989. The van der Waals surface area contributed by atoms with Crippen molar-refractivity contribution in [2.45, 2.75) is 13.0 Å². The number of rotatable bonds is 3. The molecule has 0 aliphatic carbocycles. The van der Waals surface area contributed by atoms with E-state index in [-0.39, 0.29) is 12.5 Å². The largest absolute Gasteiger partial charge is 0.392 e. The maximum absolute atomic E-state index is 11.5. The predicted molar refractivity (Wildman–Crippen MR) is 56.0 cm³/mol. The molecule has 1 heterocycles. The van der Waals surface area contributed by atoms with Crippen LogP contribution in [0.4, 0.5) is 0 Å². The van der Waals surface area contributed by atoms with Crippen LogP contribution in [0.1, 0.15) is 17.4 Å². The lowest BCUT2D eigenvalue weighted by Crippen LogP contribution is -2.31. The second-order valence-electron chi connectivity index (χ2n) is 2.89. The van der Waals surface area contributed by atoms with Crippen LogP contribution in [0, 0.1) is 0 Å². The molecule has 0 aromatic carbocycles. The van der Waals surface area contributed by atoms with E-state index >= 15 is 0 Å². The zero-order chi connectivity index (χ0) is 10.6. The lowest BCUT2D eigenvalue weighted by atomic mass is 10.3. The molecule has 0 saturated carbocycles. The van der Waals surface area contributed by atoms with E-state index in [9.17, 15) is 4.79 Å². The van der Waals surface area contributed by atoms with E-state index in [0.717, 1.165) is 0 Å². The minimum Gasteiger partial charge on any atom is -0.392 e. The number of amides is 1. The third-order valence-electron chi connectivity index (χ3n) is 1.53. The number of aliphatic hydroxyl groups is 1. The average molecular weight is 259 g/mol. The van der Waals surface area contributed by atoms with Crippen LogP contribution in [-0.4, -0.2) is 28.6 Å². The molecule has 1 amide bonds. The number of hydrogen-bond donors (Lipinski definition) is 2. The molecule has 0 radical (unpaired) electrons. The lowest BCUT2D eigenvalue weighted by Gasteiger charge is -2.07. The molecule has 14 heavy (non-hydrogen) atoms. The van der Waals surface area contributed by atoms with Gasteiger partial charge in [0.25, 0.3) is 5.91 Å². The fourth-order valence-electron chi connectivity index (χ4n) is 0.877. The van der Waals surface area contributed by atoms with E-state index < -0.39 is 6.10 Å². The Morgan fingerprint density at radius 3 is 3.07 bits per heavy atom. The number of nitrogens with zero attached hydrogens (tertiary/aromatic N) is 1. The maximum atomic E-state index is 11.5. The monoisotopic (exact) mass is 258 g/mol. The first-order valence-electron chi connectivity index (χ1n) is 4.18. The first kappa shape index (κ1) is 11.1. The molecule has 0 aliphatic rings. The molecule has 1 aromatic rings. The third-order valence-corrected chi connectivity index (χ3v) is 2.17. The summed E-state index contributed by atoms with van der Waals surface area (Å²) in [7, 11) is 0. The van der Waals surface area contributed by atoms with Gasteiger partial charge in [0.1, 0.15) is 5.69 Å². The van der Waals surface area contributed by atoms with Crippen molar-refractivity contribution in [2.75, 3.05) is 6.54 Å². The number of aromatic nitrogens is 1. The van der Waals surface area contributed by atoms with Crippen molar-refractivity contribution in [2.24, 2.45) is 0 Å². The Morgan fingerprint density at radius 2 is 2.50 bits per heavy atom. The van der Waals surface area contributed by atoms with Crippen LogP contribution < -0.4 is 5.32 Å². The van der Waals surface area contributed by atoms with Crippen molar-refractivity contribution in [1.82, 2.24) is 10.3 Å². The van der Waals surface area contributed by atoms with Crippen LogP contribution in [0.15, 0.2) is 22.8 Å². The molecule has 76 valence electrons. The Bertz CT molecular complexity index is 328. The van der Waals surface area contributed by atoms with Crippen molar-refractivity contribution in [3.63, 3.8) is 0 Å². The third kappa shape index (κ3) is 3.08. The predicted octanol–water partition coefficient (Wildman–Crippen LogP) is 0.955. The van der Waals surface area contributed by atoms with Gasteiger partial charge in [0.15, 0.2) is 0 Å². The Kier molecular flexibility index (Phi) is 4.03. The van der Waals surface area contributed by atoms with Gasteiger partial charge in [-0.05, 0) is 35.0 Å². The van der Waals surface area contributed by atoms with Gasteiger partial charge < -0.3 is 10.4 Å². The minimum atomic E-state index is -0.554. The van der Waals surface area contributed by atoms with Crippen LogP contribution in [0.25, 0.3) is 0 Å². The highest BCUT2D eigenvalue weighted by Gasteiger charge is 2.10. The topological polar surface area (TPSA) is 62.2 Å². The summed E-state index contributed by atoms with van der Waals surface area (Å²) >= 11 is 3.22. The summed E-state index contributed by atoms with van der Waals surface area (Å²) < 4.78 is 0.642. The number of aliphatic hydroxyl groups excluding tert-OH is 1. The van der Waals surface area contributed by atoms with E-state index in [2.05, 4.69) is 26.2 Å². The first-order chi connectivity index (χ1) is 6.61. The zero-order valence-electron chi connectivity index (χ0n) is 7.70. The molecule has 1 aromatic heterocycles. The highest BCUT2D eigenvalue weighted by molar-refractivity contribution is 9.10. The van der Waals surface area contributed by atoms with Crippen molar-refractivity contribution in [3.05, 3.63) is 28.5 Å². The molecule has 1 unspecified atom stereocenters. The highest BCUT2D eigenvalue weighted by atomic mass is 79.9. The van der Waals surface area contributed by atoms with Gasteiger partial charge in [0.05, 0.1) is 6.10 Å². The molecule has 0 aliphatic heterocycles. The van der Waals surface area contributed by atoms with Crippen molar-refractivity contribution in [1.29, 1.82) is 0 Å². The smallest absolute Gasteiger partial charge is 0.271 e. The molecule has 0 saturated heterocycles. The number of halogens is 1. The second-order valence-corrected chi connectivity index (χ2v) is 3.75. The fraction of sp³-hybridized carbons (Fsp3) is 0.333. The van der Waals surface area contributed by atoms with Gasteiger partial charge in [-0.3, -0.25) is 4.79 Å². The second kappa shape index (κ2) is 5.07. The van der Waals surface area contributed by atoms with Gasteiger partial charge >= 0.3 is 0 Å². The van der Waals surface area contributed by atoms with E-state index in [1.54, 1.807) is 25.3 Å². The first-order valence-corrected chi connectivity index (χ1v) is 4.97. The van der Waals surface area contributed by atoms with E-state index in [1.165, 1.54) is 0 Å². The molecule has 4 nitrogen and oxygen atoms in total. The zero-order valence-corrected chi connectivity index (χ0v) is 9.28. The number of nitrogens with one attached hydrogen (secondary N) is 1. The highest BCUT2D eigenvalue weighted by Crippen LogP contribution is 2.12. The Labute approximate surface area is 90.5 Å². The van der Waals surface area contributed by atoms with E-state index in [0.29, 0.717) is 10.2 Å². The summed E-state index contributed by atoms with van der Waals surface area (Å²) in [6.45, 7) is 1.83. The molecule has 1 rings (SSSR count). The van der Waals surface area contributed by atoms with Gasteiger partial charge in [0.2, 0.25) is 0 Å². The van der Waals surface area contributed by atoms with Crippen molar-refractivity contribution < 1.29 is 9.90 Å². The number of pyridine rings is 1. The summed E-state index contributed by atoms with van der Waals surface area (Å²) in [4.78, 5) is 15.4. The van der Waals surface area contributed by atoms with Crippen LogP contribution in [-0.2, 0) is 0 Å². The molecule has 1 atom stereocenters. The van der Waals surface area contributed by atoms with Crippen LogP contribution in [0.5, 0.6) is 0 Å². The number of carbonyl (C=O) groups excluding carboxylic acids is 1. The van der Waals surface area contributed by atoms with Gasteiger partial charge in [0, 0.05) is 17.2 Å². The van der Waals surface area contributed by atoms with Gasteiger partial charge in [-0.2, -0.15) is 0 Å². The summed E-state index contributed by atoms with van der Waals surface area (Å²) in [5.74, 6) is -0.293.